The second-order valence-corrected chi connectivity index (χ2v) is 7.40. The lowest BCUT2D eigenvalue weighted by molar-refractivity contribution is -0.127. The zero-order valence-corrected chi connectivity index (χ0v) is 16.6. The zero-order valence-electron chi connectivity index (χ0n) is 16.6. The van der Waals surface area contributed by atoms with E-state index in [4.69, 9.17) is 4.74 Å². The Hall–Kier alpha value is -3.34. The fourth-order valence-corrected chi connectivity index (χ4v) is 4.25. The van der Waals surface area contributed by atoms with E-state index in [1.165, 1.54) is 0 Å². The van der Waals surface area contributed by atoms with Crippen LogP contribution < -0.4 is 10.1 Å². The molecular formula is C24H24N2O3. The molecule has 2 atom stereocenters. The van der Waals surface area contributed by atoms with Crippen LogP contribution in [0.2, 0.25) is 0 Å². The summed E-state index contributed by atoms with van der Waals surface area (Å²) < 4.78 is 5.42. The average molecular weight is 388 g/mol. The molecule has 2 amide bonds. The highest BCUT2D eigenvalue weighted by Gasteiger charge is 2.38. The number of rotatable bonds is 5. The number of amides is 2. The van der Waals surface area contributed by atoms with Crippen LogP contribution in [0.3, 0.4) is 0 Å². The van der Waals surface area contributed by atoms with Crippen LogP contribution in [-0.2, 0) is 4.79 Å². The maximum Gasteiger partial charge on any atom is 0.251 e. The van der Waals surface area contributed by atoms with Gasteiger partial charge in [-0.1, -0.05) is 54.6 Å². The van der Waals surface area contributed by atoms with Crippen LogP contribution >= 0.6 is 0 Å². The Morgan fingerprint density at radius 3 is 2.45 bits per heavy atom. The molecule has 29 heavy (non-hydrogen) atoms. The molecule has 5 heteroatoms. The van der Waals surface area contributed by atoms with Gasteiger partial charge in [0.2, 0.25) is 5.91 Å². The lowest BCUT2D eigenvalue weighted by atomic mass is 9.93. The number of nitrogens with one attached hydrogen (secondary N) is 1. The summed E-state index contributed by atoms with van der Waals surface area (Å²) in [4.78, 5) is 27.1. The highest BCUT2D eigenvalue weighted by molar-refractivity contribution is 6.08. The quantitative estimate of drug-likeness (QED) is 0.723. The largest absolute Gasteiger partial charge is 0.496 e. The molecule has 1 heterocycles. The second-order valence-electron chi connectivity index (χ2n) is 7.40. The summed E-state index contributed by atoms with van der Waals surface area (Å²) in [5, 5.41) is 4.81. The predicted molar refractivity (Wildman–Crippen MR) is 113 cm³/mol. The van der Waals surface area contributed by atoms with Gasteiger partial charge in [-0.25, -0.2) is 0 Å². The van der Waals surface area contributed by atoms with Gasteiger partial charge in [-0.05, 0) is 23.1 Å². The molecule has 4 rings (SSSR count). The van der Waals surface area contributed by atoms with Gasteiger partial charge in [0.25, 0.3) is 5.91 Å². The summed E-state index contributed by atoms with van der Waals surface area (Å²) in [6.07, 6.45) is 0.430. The van der Waals surface area contributed by atoms with Crippen molar-refractivity contribution in [1.82, 2.24) is 10.2 Å². The number of hydrogen-bond acceptors (Lipinski definition) is 3. The van der Waals surface area contributed by atoms with Gasteiger partial charge in [-0.2, -0.15) is 0 Å². The number of fused-ring (bicyclic) bond motifs is 1. The number of carbonyl (C=O) groups excluding carboxylic acids is 2. The Bertz CT molecular complexity index is 1050. The summed E-state index contributed by atoms with van der Waals surface area (Å²) in [7, 11) is 3.46. The van der Waals surface area contributed by atoms with Crippen LogP contribution in [0.15, 0.2) is 66.7 Å². The molecular weight excluding hydrogens is 364 g/mol. The van der Waals surface area contributed by atoms with Crippen molar-refractivity contribution in [3.63, 3.8) is 0 Å². The third-order valence-corrected chi connectivity index (χ3v) is 5.71. The van der Waals surface area contributed by atoms with Gasteiger partial charge >= 0.3 is 0 Å². The first-order valence-corrected chi connectivity index (χ1v) is 9.74. The number of likely N-dealkylation sites (tertiary alicyclic amines) is 1. The highest BCUT2D eigenvalue weighted by Crippen LogP contribution is 2.36. The van der Waals surface area contributed by atoms with Crippen molar-refractivity contribution in [1.29, 1.82) is 0 Å². The fourth-order valence-electron chi connectivity index (χ4n) is 4.25. The van der Waals surface area contributed by atoms with Crippen molar-refractivity contribution in [3.05, 3.63) is 77.9 Å². The topological polar surface area (TPSA) is 58.6 Å². The monoisotopic (exact) mass is 388 g/mol. The van der Waals surface area contributed by atoms with Crippen LogP contribution in [0.1, 0.15) is 28.4 Å². The van der Waals surface area contributed by atoms with E-state index in [2.05, 4.69) is 5.32 Å². The molecule has 3 aromatic rings. The molecule has 0 saturated carbocycles. The van der Waals surface area contributed by atoms with Crippen molar-refractivity contribution in [2.75, 3.05) is 20.7 Å². The minimum atomic E-state index is -0.141. The number of hydrogen-bond donors (Lipinski definition) is 1. The Morgan fingerprint density at radius 1 is 1.03 bits per heavy atom. The molecule has 1 fully saturated rings. The number of nitrogens with zero attached hydrogens (tertiary/aromatic N) is 1. The maximum atomic E-state index is 13.0. The first-order chi connectivity index (χ1) is 14.1. The van der Waals surface area contributed by atoms with Crippen molar-refractivity contribution in [2.24, 2.45) is 5.92 Å². The minimum absolute atomic E-state index is 0.0309. The SMILES string of the molecule is COc1ccc(C(=O)NC[C@@H]2CC(=O)N(C)[C@H]2c2ccccc2)c2ccccc12. The van der Waals surface area contributed by atoms with Crippen molar-refractivity contribution in [2.45, 2.75) is 12.5 Å². The van der Waals surface area contributed by atoms with Crippen molar-refractivity contribution in [3.8, 4) is 5.75 Å². The summed E-state index contributed by atoms with van der Waals surface area (Å²) in [5.41, 5.74) is 1.70. The summed E-state index contributed by atoms with van der Waals surface area (Å²) in [5.74, 6) is 0.735. The smallest absolute Gasteiger partial charge is 0.251 e. The van der Waals surface area contributed by atoms with Gasteiger partial charge in [-0.3, -0.25) is 9.59 Å². The van der Waals surface area contributed by atoms with E-state index in [1.807, 2.05) is 67.7 Å². The molecule has 5 nitrogen and oxygen atoms in total. The number of ether oxygens (including phenoxy) is 1. The van der Waals surface area contributed by atoms with Crippen molar-refractivity contribution >= 4 is 22.6 Å². The van der Waals surface area contributed by atoms with Crippen LogP contribution in [0.5, 0.6) is 5.75 Å². The average Bonchev–Trinajstić information content (AvgIpc) is 3.05. The molecule has 1 N–H and O–H groups in total. The summed E-state index contributed by atoms with van der Waals surface area (Å²) >= 11 is 0. The highest BCUT2D eigenvalue weighted by atomic mass is 16.5. The van der Waals surface area contributed by atoms with Gasteiger partial charge < -0.3 is 15.0 Å². The van der Waals surface area contributed by atoms with E-state index in [0.29, 0.717) is 18.5 Å². The molecule has 1 saturated heterocycles. The van der Waals surface area contributed by atoms with Crippen molar-refractivity contribution < 1.29 is 14.3 Å². The van der Waals surface area contributed by atoms with Crippen LogP contribution in [0.25, 0.3) is 10.8 Å². The molecule has 0 bridgehead atoms. The van der Waals surface area contributed by atoms with Gasteiger partial charge in [-0.15, -0.1) is 0 Å². The number of methoxy groups -OCH3 is 1. The molecule has 0 aromatic heterocycles. The first-order valence-electron chi connectivity index (χ1n) is 9.74. The lowest BCUT2D eigenvalue weighted by Crippen LogP contribution is -2.32. The van der Waals surface area contributed by atoms with E-state index in [1.54, 1.807) is 18.1 Å². The molecule has 0 aliphatic carbocycles. The fraction of sp³-hybridized carbons (Fsp3) is 0.250. The molecule has 0 unspecified atom stereocenters. The van der Waals surface area contributed by atoms with Gasteiger partial charge in [0, 0.05) is 36.9 Å². The standard InChI is InChI=1S/C24H24N2O3/c1-26-22(27)14-17(23(26)16-8-4-3-5-9-16)15-25-24(28)20-12-13-21(29-2)19-11-7-6-10-18(19)20/h3-13,17,23H,14-15H2,1-2H3,(H,25,28)/t17-,23-/m0/s1. The molecule has 1 aliphatic heterocycles. The summed E-state index contributed by atoms with van der Waals surface area (Å²) in [6.45, 7) is 0.439. The van der Waals surface area contributed by atoms with E-state index in [0.717, 1.165) is 22.1 Å². The number of benzene rings is 3. The predicted octanol–water partition coefficient (Wildman–Crippen LogP) is 3.80. The Morgan fingerprint density at radius 2 is 1.72 bits per heavy atom. The first kappa shape index (κ1) is 19.0. The van der Waals surface area contributed by atoms with E-state index in [-0.39, 0.29) is 23.8 Å². The Kier molecular flexibility index (Phi) is 5.21. The Balaban J connectivity index is 1.55. The van der Waals surface area contributed by atoms with Crippen LogP contribution in [0, 0.1) is 5.92 Å². The van der Waals surface area contributed by atoms with Crippen LogP contribution in [-0.4, -0.2) is 37.4 Å². The molecule has 0 spiro atoms. The third kappa shape index (κ3) is 3.56. The maximum absolute atomic E-state index is 13.0. The summed E-state index contributed by atoms with van der Waals surface area (Å²) in [6, 6.07) is 21.3. The Labute approximate surface area is 170 Å². The molecule has 3 aromatic carbocycles. The third-order valence-electron chi connectivity index (χ3n) is 5.71. The van der Waals surface area contributed by atoms with Gasteiger partial charge in [0.05, 0.1) is 13.2 Å². The lowest BCUT2D eigenvalue weighted by Gasteiger charge is -2.25. The molecule has 0 radical (unpaired) electrons. The molecule has 148 valence electrons. The zero-order chi connectivity index (χ0) is 20.4. The minimum Gasteiger partial charge on any atom is -0.496 e. The van der Waals surface area contributed by atoms with Crippen LogP contribution in [0.4, 0.5) is 0 Å². The van der Waals surface area contributed by atoms with E-state index < -0.39 is 0 Å². The normalized spacial score (nSPS) is 18.8. The number of carbonyl (C=O) groups is 2. The van der Waals surface area contributed by atoms with E-state index >= 15 is 0 Å². The van der Waals surface area contributed by atoms with Gasteiger partial charge in [0.15, 0.2) is 0 Å². The van der Waals surface area contributed by atoms with E-state index in [9.17, 15) is 9.59 Å². The molecule has 1 aliphatic rings. The second kappa shape index (κ2) is 7.95. The van der Waals surface area contributed by atoms with Gasteiger partial charge in [0.1, 0.15) is 5.75 Å².